The van der Waals surface area contributed by atoms with Crippen molar-refractivity contribution < 1.29 is 14.5 Å². The zero-order valence-electron chi connectivity index (χ0n) is 12.6. The first-order valence-electron chi connectivity index (χ1n) is 6.80. The first-order chi connectivity index (χ1) is 10.2. The first-order valence-corrected chi connectivity index (χ1v) is 7.93. The molecule has 1 aromatic heterocycles. The van der Waals surface area contributed by atoms with E-state index in [0.717, 1.165) is 5.56 Å². The van der Waals surface area contributed by atoms with Gasteiger partial charge in [-0.25, -0.2) is 9.36 Å². The van der Waals surface area contributed by atoms with Crippen LogP contribution >= 0.6 is 15.9 Å². The predicted molar refractivity (Wildman–Crippen MR) is 87.7 cm³/mol. The van der Waals surface area contributed by atoms with E-state index in [-0.39, 0.29) is 11.2 Å². The molecule has 0 radical (unpaired) electrons. The van der Waals surface area contributed by atoms with Gasteiger partial charge in [0.15, 0.2) is 0 Å². The van der Waals surface area contributed by atoms with Gasteiger partial charge in [0.25, 0.3) is 5.69 Å². The molecule has 0 aliphatic carbocycles. The molecule has 0 aliphatic rings. The van der Waals surface area contributed by atoms with Gasteiger partial charge >= 0.3 is 6.09 Å². The van der Waals surface area contributed by atoms with Crippen molar-refractivity contribution in [1.29, 1.82) is 0 Å². The van der Waals surface area contributed by atoms with Crippen molar-refractivity contribution in [3.63, 3.8) is 0 Å². The summed E-state index contributed by atoms with van der Waals surface area (Å²) in [6.45, 7) is 5.25. The van der Waals surface area contributed by atoms with Gasteiger partial charge < -0.3 is 4.74 Å². The number of halogens is 1. The number of nitrogens with zero attached hydrogens (tertiary/aromatic N) is 2. The maximum atomic E-state index is 12.2. The van der Waals surface area contributed by atoms with Gasteiger partial charge in [0, 0.05) is 23.0 Å². The molecule has 6 nitrogen and oxygen atoms in total. The van der Waals surface area contributed by atoms with E-state index in [0.29, 0.717) is 17.1 Å². The number of hydrogen-bond donors (Lipinski definition) is 0. The number of aryl methyl sites for hydroxylation is 1. The molecule has 0 amide bonds. The van der Waals surface area contributed by atoms with Crippen LogP contribution in [0.2, 0.25) is 0 Å². The molecule has 1 aromatic carbocycles. The monoisotopic (exact) mass is 368 g/mol. The number of aromatic nitrogens is 1. The maximum Gasteiger partial charge on any atom is 0.419 e. The van der Waals surface area contributed by atoms with Gasteiger partial charge in [-0.05, 0) is 44.9 Å². The molecule has 22 heavy (non-hydrogen) atoms. The normalized spacial score (nSPS) is 11.6. The van der Waals surface area contributed by atoms with Crippen molar-refractivity contribution >= 4 is 38.6 Å². The second-order valence-corrected chi connectivity index (χ2v) is 6.71. The number of carbonyl (C=O) groups excluding carboxylic acids is 1. The van der Waals surface area contributed by atoms with Gasteiger partial charge in [-0.15, -0.1) is 0 Å². The van der Waals surface area contributed by atoms with Gasteiger partial charge in [0.2, 0.25) is 0 Å². The number of nitro groups is 1. The van der Waals surface area contributed by atoms with E-state index in [2.05, 4.69) is 15.9 Å². The van der Waals surface area contributed by atoms with Crippen molar-refractivity contribution in [1.82, 2.24) is 4.57 Å². The molecule has 0 spiro atoms. The Labute approximate surface area is 136 Å². The molecule has 0 aliphatic heterocycles. The lowest BCUT2D eigenvalue weighted by atomic mass is 10.1. The summed E-state index contributed by atoms with van der Waals surface area (Å²) in [7, 11) is 0. The standard InChI is InChI=1S/C15H17BrN2O4/c1-15(2,3)22-14(19)17-7-5-11-8-10(4-6-16)9-12(13(11)17)18(20)21/h5,7-9H,4,6H2,1-3H3. The molecular weight excluding hydrogens is 352 g/mol. The van der Waals surface area contributed by atoms with Crippen LogP contribution in [0, 0.1) is 10.1 Å². The Morgan fingerprint density at radius 3 is 2.64 bits per heavy atom. The topological polar surface area (TPSA) is 74.4 Å². The summed E-state index contributed by atoms with van der Waals surface area (Å²) in [4.78, 5) is 23.1. The highest BCUT2D eigenvalue weighted by Crippen LogP contribution is 2.29. The quantitative estimate of drug-likeness (QED) is 0.460. The van der Waals surface area contributed by atoms with Crippen LogP contribution < -0.4 is 0 Å². The van der Waals surface area contributed by atoms with Gasteiger partial charge in [-0.3, -0.25) is 10.1 Å². The molecule has 2 aromatic rings. The number of rotatable bonds is 3. The van der Waals surface area contributed by atoms with Crippen LogP contribution in [0.4, 0.5) is 10.5 Å². The van der Waals surface area contributed by atoms with Crippen molar-refractivity contribution in [2.45, 2.75) is 32.8 Å². The highest BCUT2D eigenvalue weighted by Gasteiger charge is 2.24. The number of fused-ring (bicyclic) bond motifs is 1. The number of nitro benzene ring substituents is 1. The Morgan fingerprint density at radius 2 is 2.09 bits per heavy atom. The first kappa shape index (κ1) is 16.5. The Balaban J connectivity index is 2.58. The average molecular weight is 369 g/mol. The minimum atomic E-state index is -0.668. The minimum Gasteiger partial charge on any atom is -0.443 e. The number of ether oxygens (including phenoxy) is 1. The van der Waals surface area contributed by atoms with Crippen molar-refractivity contribution in [3.05, 3.63) is 40.1 Å². The van der Waals surface area contributed by atoms with Gasteiger partial charge in [-0.2, -0.15) is 0 Å². The summed E-state index contributed by atoms with van der Waals surface area (Å²) < 4.78 is 6.49. The molecule has 0 unspecified atom stereocenters. The van der Waals surface area contributed by atoms with Crippen LogP contribution in [0.5, 0.6) is 0 Å². The van der Waals surface area contributed by atoms with Crippen LogP contribution in [0.1, 0.15) is 26.3 Å². The molecule has 7 heteroatoms. The third kappa shape index (κ3) is 3.47. The van der Waals surface area contributed by atoms with Crippen molar-refractivity contribution in [2.24, 2.45) is 0 Å². The van der Waals surface area contributed by atoms with Gasteiger partial charge in [0.05, 0.1) is 4.92 Å². The molecule has 0 fully saturated rings. The number of benzene rings is 1. The summed E-state index contributed by atoms with van der Waals surface area (Å²) in [5.74, 6) is 0. The fraction of sp³-hybridized carbons (Fsp3) is 0.400. The van der Waals surface area contributed by atoms with Crippen LogP contribution in [-0.4, -0.2) is 26.5 Å². The van der Waals surface area contributed by atoms with E-state index < -0.39 is 16.6 Å². The predicted octanol–water partition coefficient (Wildman–Crippen LogP) is 4.27. The summed E-state index contributed by atoms with van der Waals surface area (Å²) >= 11 is 3.32. The lowest BCUT2D eigenvalue weighted by Gasteiger charge is -2.19. The minimum absolute atomic E-state index is 0.0932. The molecule has 1 heterocycles. The molecule has 0 saturated heterocycles. The SMILES string of the molecule is CC(C)(C)OC(=O)n1ccc2cc(CCBr)cc([N+](=O)[O-])c21. The zero-order valence-corrected chi connectivity index (χ0v) is 14.2. The Hall–Kier alpha value is -1.89. The molecule has 2 rings (SSSR count). The Morgan fingerprint density at radius 1 is 1.41 bits per heavy atom. The lowest BCUT2D eigenvalue weighted by Crippen LogP contribution is -2.26. The number of non-ortho nitro benzene ring substituents is 1. The maximum absolute atomic E-state index is 12.2. The highest BCUT2D eigenvalue weighted by atomic mass is 79.9. The summed E-state index contributed by atoms with van der Waals surface area (Å²) in [6, 6.07) is 5.04. The summed E-state index contributed by atoms with van der Waals surface area (Å²) in [6.07, 6.45) is 1.55. The van der Waals surface area contributed by atoms with E-state index in [1.54, 1.807) is 26.8 Å². The van der Waals surface area contributed by atoms with Crippen LogP contribution in [0.25, 0.3) is 10.9 Å². The largest absolute Gasteiger partial charge is 0.443 e. The molecule has 0 N–H and O–H groups in total. The zero-order chi connectivity index (χ0) is 16.5. The summed E-state index contributed by atoms with van der Waals surface area (Å²) in [5.41, 5.74) is 0.345. The fourth-order valence-electron chi connectivity index (χ4n) is 2.18. The van der Waals surface area contributed by atoms with E-state index in [9.17, 15) is 14.9 Å². The third-order valence-electron chi connectivity index (χ3n) is 2.99. The lowest BCUT2D eigenvalue weighted by molar-refractivity contribution is -0.383. The Bertz CT molecular complexity index is 731. The van der Waals surface area contributed by atoms with Gasteiger partial charge in [-0.1, -0.05) is 15.9 Å². The van der Waals surface area contributed by atoms with Crippen LogP contribution in [0.15, 0.2) is 24.4 Å². The third-order valence-corrected chi connectivity index (χ3v) is 3.39. The average Bonchev–Trinajstić information content (AvgIpc) is 2.79. The molecule has 118 valence electrons. The molecule has 0 saturated carbocycles. The van der Waals surface area contributed by atoms with E-state index in [1.165, 1.54) is 16.8 Å². The molecule has 0 bridgehead atoms. The Kier molecular flexibility index (Phi) is 4.55. The second-order valence-electron chi connectivity index (χ2n) is 5.91. The number of hydrogen-bond acceptors (Lipinski definition) is 4. The molecular formula is C15H17BrN2O4. The van der Waals surface area contributed by atoms with E-state index in [1.807, 2.05) is 6.07 Å². The highest BCUT2D eigenvalue weighted by molar-refractivity contribution is 9.09. The second kappa shape index (κ2) is 6.08. The van der Waals surface area contributed by atoms with E-state index in [4.69, 9.17) is 4.74 Å². The van der Waals surface area contributed by atoms with E-state index >= 15 is 0 Å². The van der Waals surface area contributed by atoms with Crippen molar-refractivity contribution in [3.8, 4) is 0 Å². The van der Waals surface area contributed by atoms with Crippen LogP contribution in [0.3, 0.4) is 0 Å². The van der Waals surface area contributed by atoms with Crippen molar-refractivity contribution in [2.75, 3.05) is 5.33 Å². The smallest absolute Gasteiger partial charge is 0.419 e. The molecule has 0 atom stereocenters. The fourth-order valence-corrected chi connectivity index (χ4v) is 2.63. The number of carbonyl (C=O) groups is 1. The summed E-state index contributed by atoms with van der Waals surface area (Å²) in [5, 5.41) is 12.7. The van der Waals surface area contributed by atoms with Crippen LogP contribution in [-0.2, 0) is 11.2 Å². The number of alkyl halides is 1. The van der Waals surface area contributed by atoms with Gasteiger partial charge in [0.1, 0.15) is 11.1 Å².